The molecule has 0 aliphatic carbocycles. The Labute approximate surface area is 143 Å². The average molecular weight is 380 g/mol. The van der Waals surface area contributed by atoms with Gasteiger partial charge >= 0.3 is 0 Å². The Morgan fingerprint density at radius 2 is 1.91 bits per heavy atom. The molecule has 0 saturated heterocycles. The zero-order chi connectivity index (χ0) is 16.7. The highest BCUT2D eigenvalue weighted by molar-refractivity contribution is 9.09. The summed E-state index contributed by atoms with van der Waals surface area (Å²) >= 11 is 2.94. The number of phenols is 1. The molecular weight excluding hydrogens is 362 g/mol. The van der Waals surface area contributed by atoms with Gasteiger partial charge in [0.05, 0.1) is 0 Å². The summed E-state index contributed by atoms with van der Waals surface area (Å²) in [7, 11) is 0. The third-order valence-corrected chi connectivity index (χ3v) is 3.62. The standard InChI is InChI=1S/C17H18BrNO4/c18-17(22)23-16-3-1-2-13(15(16)10-19-11-20)7-4-12-5-8-14(21)9-6-12/h1-3,5-6,8-9,11,17,21-22H,4,7,10H2,(H,19,20). The number of alkyl halides is 1. The van der Waals surface area contributed by atoms with Crippen molar-refractivity contribution in [3.63, 3.8) is 0 Å². The number of halogens is 1. The summed E-state index contributed by atoms with van der Waals surface area (Å²) in [6.45, 7) is 0.324. The molecule has 23 heavy (non-hydrogen) atoms. The van der Waals surface area contributed by atoms with Crippen LogP contribution in [0.5, 0.6) is 11.5 Å². The first-order chi connectivity index (χ1) is 11.1. The van der Waals surface area contributed by atoms with Gasteiger partial charge in [-0.25, -0.2) is 0 Å². The molecule has 0 spiro atoms. The fourth-order valence-electron chi connectivity index (χ4n) is 2.35. The molecular formula is C17H18BrNO4. The summed E-state index contributed by atoms with van der Waals surface area (Å²) in [6, 6.07) is 12.6. The van der Waals surface area contributed by atoms with Crippen LogP contribution in [0, 0.1) is 0 Å². The highest BCUT2D eigenvalue weighted by atomic mass is 79.9. The van der Waals surface area contributed by atoms with Gasteiger partial charge in [0.15, 0.2) is 0 Å². The molecule has 0 radical (unpaired) electrons. The molecule has 2 rings (SSSR count). The van der Waals surface area contributed by atoms with Crippen LogP contribution in [-0.4, -0.2) is 21.8 Å². The largest absolute Gasteiger partial charge is 0.508 e. The zero-order valence-electron chi connectivity index (χ0n) is 12.4. The second kappa shape index (κ2) is 8.55. The van der Waals surface area contributed by atoms with Gasteiger partial charge < -0.3 is 20.3 Å². The Morgan fingerprint density at radius 3 is 2.57 bits per heavy atom. The van der Waals surface area contributed by atoms with Gasteiger partial charge in [-0.2, -0.15) is 0 Å². The van der Waals surface area contributed by atoms with Crippen molar-refractivity contribution in [2.75, 3.05) is 0 Å². The lowest BCUT2D eigenvalue weighted by Gasteiger charge is -2.16. The minimum atomic E-state index is -1.11. The number of amides is 1. The summed E-state index contributed by atoms with van der Waals surface area (Å²) in [4.78, 5) is 10.6. The fraction of sp³-hybridized carbons (Fsp3) is 0.235. The van der Waals surface area contributed by atoms with E-state index in [0.29, 0.717) is 18.7 Å². The quantitative estimate of drug-likeness (QED) is 0.374. The molecule has 1 atom stereocenters. The van der Waals surface area contributed by atoms with Gasteiger partial charge in [0.1, 0.15) is 11.5 Å². The lowest BCUT2D eigenvalue weighted by atomic mass is 9.99. The monoisotopic (exact) mass is 379 g/mol. The van der Waals surface area contributed by atoms with E-state index in [2.05, 4.69) is 21.2 Å². The van der Waals surface area contributed by atoms with Gasteiger partial charge in [-0.3, -0.25) is 4.79 Å². The lowest BCUT2D eigenvalue weighted by Crippen LogP contribution is -2.15. The molecule has 0 aliphatic heterocycles. The second-order valence-electron chi connectivity index (χ2n) is 4.97. The van der Waals surface area contributed by atoms with Gasteiger partial charge in [-0.05, 0) is 58.1 Å². The molecule has 0 fully saturated rings. The van der Waals surface area contributed by atoms with E-state index in [1.54, 1.807) is 18.2 Å². The summed E-state index contributed by atoms with van der Waals surface area (Å²) in [5.41, 5.74) is 2.96. The Morgan fingerprint density at radius 1 is 1.17 bits per heavy atom. The number of aliphatic hydroxyl groups excluding tert-OH is 1. The first-order valence-electron chi connectivity index (χ1n) is 7.14. The summed E-state index contributed by atoms with van der Waals surface area (Å²) in [5, 5.41) is 20.2. The minimum absolute atomic E-state index is 0.242. The van der Waals surface area contributed by atoms with E-state index >= 15 is 0 Å². The van der Waals surface area contributed by atoms with Crippen molar-refractivity contribution in [3.05, 3.63) is 59.2 Å². The average Bonchev–Trinajstić information content (AvgIpc) is 2.53. The van der Waals surface area contributed by atoms with Crippen LogP contribution in [-0.2, 0) is 24.2 Å². The predicted octanol–water partition coefficient (Wildman–Crippen LogP) is 2.47. The number of hydrogen-bond donors (Lipinski definition) is 3. The number of aryl methyl sites for hydroxylation is 2. The van der Waals surface area contributed by atoms with Gasteiger partial charge in [0.2, 0.25) is 6.41 Å². The summed E-state index contributed by atoms with van der Waals surface area (Å²) < 4.78 is 5.33. The van der Waals surface area contributed by atoms with Crippen molar-refractivity contribution in [3.8, 4) is 11.5 Å². The maximum Gasteiger partial charge on any atom is 0.255 e. The van der Waals surface area contributed by atoms with Crippen molar-refractivity contribution in [2.45, 2.75) is 24.6 Å². The number of hydrogen-bond acceptors (Lipinski definition) is 4. The number of phenolic OH excluding ortho intramolecular Hbond substituents is 1. The van der Waals surface area contributed by atoms with Crippen LogP contribution in [0.2, 0.25) is 0 Å². The number of carbonyl (C=O) groups excluding carboxylic acids is 1. The molecule has 2 aromatic rings. The van der Waals surface area contributed by atoms with E-state index in [0.717, 1.165) is 29.5 Å². The number of ether oxygens (including phenoxy) is 1. The number of carbonyl (C=O) groups is 1. The Bertz CT molecular complexity index is 644. The number of nitrogens with one attached hydrogen (secondary N) is 1. The normalized spacial score (nSPS) is 11.7. The predicted molar refractivity (Wildman–Crippen MR) is 90.4 cm³/mol. The smallest absolute Gasteiger partial charge is 0.255 e. The van der Waals surface area contributed by atoms with Gasteiger partial charge in [0.25, 0.3) is 5.20 Å². The Kier molecular flexibility index (Phi) is 6.43. The lowest BCUT2D eigenvalue weighted by molar-refractivity contribution is -0.109. The van der Waals surface area contributed by atoms with Crippen molar-refractivity contribution < 1.29 is 19.7 Å². The highest BCUT2D eigenvalue weighted by Gasteiger charge is 2.12. The fourth-order valence-corrected chi connectivity index (χ4v) is 2.55. The maximum absolute atomic E-state index is 10.6. The molecule has 0 aromatic heterocycles. The van der Waals surface area contributed by atoms with E-state index in [1.807, 2.05) is 24.3 Å². The van der Waals surface area contributed by atoms with Crippen LogP contribution >= 0.6 is 15.9 Å². The highest BCUT2D eigenvalue weighted by Crippen LogP contribution is 2.25. The van der Waals surface area contributed by atoms with Crippen LogP contribution in [0.1, 0.15) is 16.7 Å². The van der Waals surface area contributed by atoms with Crippen LogP contribution in [0.15, 0.2) is 42.5 Å². The van der Waals surface area contributed by atoms with E-state index in [9.17, 15) is 15.0 Å². The van der Waals surface area contributed by atoms with Gasteiger partial charge in [-0.1, -0.05) is 24.3 Å². The molecule has 0 saturated carbocycles. The van der Waals surface area contributed by atoms with Gasteiger partial charge in [0, 0.05) is 12.1 Å². The summed E-state index contributed by atoms with van der Waals surface area (Å²) in [5.74, 6) is 0.762. The Hall–Kier alpha value is -2.05. The van der Waals surface area contributed by atoms with Crippen molar-refractivity contribution in [1.82, 2.24) is 5.32 Å². The number of rotatable bonds is 8. The third kappa shape index (κ3) is 5.26. The van der Waals surface area contributed by atoms with E-state index in [1.165, 1.54) is 0 Å². The second-order valence-corrected chi connectivity index (χ2v) is 5.75. The van der Waals surface area contributed by atoms with E-state index in [4.69, 9.17) is 4.74 Å². The molecule has 1 unspecified atom stereocenters. The molecule has 6 heteroatoms. The van der Waals surface area contributed by atoms with Crippen LogP contribution in [0.4, 0.5) is 0 Å². The van der Waals surface area contributed by atoms with Crippen molar-refractivity contribution in [2.24, 2.45) is 0 Å². The Balaban J connectivity index is 2.18. The molecule has 0 aliphatic rings. The zero-order valence-corrected chi connectivity index (χ0v) is 14.0. The topological polar surface area (TPSA) is 78.8 Å². The van der Waals surface area contributed by atoms with Crippen molar-refractivity contribution in [1.29, 1.82) is 0 Å². The summed E-state index contributed by atoms with van der Waals surface area (Å²) in [6.07, 6.45) is 2.16. The number of benzene rings is 2. The molecule has 5 nitrogen and oxygen atoms in total. The molecule has 0 heterocycles. The number of aromatic hydroxyl groups is 1. The molecule has 2 aromatic carbocycles. The SMILES string of the molecule is O=CNCc1c(CCc2ccc(O)cc2)cccc1OC(O)Br. The first-order valence-corrected chi connectivity index (χ1v) is 8.06. The van der Waals surface area contributed by atoms with Crippen LogP contribution in [0.25, 0.3) is 0 Å². The van der Waals surface area contributed by atoms with Crippen molar-refractivity contribution >= 4 is 22.3 Å². The molecule has 3 N–H and O–H groups in total. The third-order valence-electron chi connectivity index (χ3n) is 3.44. The molecule has 1 amide bonds. The maximum atomic E-state index is 10.6. The number of aliphatic hydroxyl groups is 1. The molecule has 122 valence electrons. The molecule has 0 bridgehead atoms. The van der Waals surface area contributed by atoms with Crippen LogP contribution in [0.3, 0.4) is 0 Å². The first kappa shape index (κ1) is 17.3. The minimum Gasteiger partial charge on any atom is -0.508 e. The van der Waals surface area contributed by atoms with Gasteiger partial charge in [-0.15, -0.1) is 0 Å². The van der Waals surface area contributed by atoms with Crippen LogP contribution < -0.4 is 10.1 Å². The van der Waals surface area contributed by atoms with E-state index < -0.39 is 5.20 Å². The van der Waals surface area contributed by atoms with E-state index in [-0.39, 0.29) is 5.75 Å².